The van der Waals surface area contributed by atoms with Gasteiger partial charge in [0.25, 0.3) is 0 Å². The Hall–Kier alpha value is -1.23. The van der Waals surface area contributed by atoms with E-state index in [4.69, 9.17) is 4.74 Å². The Kier molecular flexibility index (Phi) is 6.51. The zero-order chi connectivity index (χ0) is 16.5. The first-order valence-corrected chi connectivity index (χ1v) is 7.90. The summed E-state index contributed by atoms with van der Waals surface area (Å²) in [5.41, 5.74) is 0.168. The standard InChI is InChI=1S/C14H21N3O4S.Li/c1-9-11(22-10(15-9)12(18)19)16-5-7-17(8-6-16)13(20)21-14(2,3)4;/h5-8H2,1-4H3,(H,18,19);/q;+1/p-1. The van der Waals surface area contributed by atoms with Gasteiger partial charge in [-0.3, -0.25) is 0 Å². The molecule has 0 saturated carbocycles. The van der Waals surface area contributed by atoms with Gasteiger partial charge < -0.3 is 24.4 Å². The fraction of sp³-hybridized carbons (Fsp3) is 0.643. The molecular weight excluding hydrogens is 313 g/mol. The van der Waals surface area contributed by atoms with Crippen molar-refractivity contribution >= 4 is 28.4 Å². The van der Waals surface area contributed by atoms with Gasteiger partial charge in [0.05, 0.1) is 5.69 Å². The third-order valence-corrected chi connectivity index (χ3v) is 4.36. The van der Waals surface area contributed by atoms with E-state index in [1.807, 2.05) is 25.7 Å². The van der Waals surface area contributed by atoms with Crippen molar-refractivity contribution < 1.29 is 38.3 Å². The summed E-state index contributed by atoms with van der Waals surface area (Å²) in [5, 5.41) is 11.7. The van der Waals surface area contributed by atoms with Crippen LogP contribution in [0.5, 0.6) is 0 Å². The van der Waals surface area contributed by atoms with E-state index in [-0.39, 0.29) is 30.0 Å². The summed E-state index contributed by atoms with van der Waals surface area (Å²) in [6, 6.07) is 0. The number of nitrogens with zero attached hydrogens (tertiary/aromatic N) is 3. The van der Waals surface area contributed by atoms with E-state index in [0.29, 0.717) is 31.9 Å². The third-order valence-electron chi connectivity index (χ3n) is 3.17. The predicted molar refractivity (Wildman–Crippen MR) is 81.2 cm³/mol. The number of piperazine rings is 1. The van der Waals surface area contributed by atoms with Gasteiger partial charge in [-0.2, -0.15) is 0 Å². The summed E-state index contributed by atoms with van der Waals surface area (Å²) in [5.74, 6) is -1.26. The van der Waals surface area contributed by atoms with Gasteiger partial charge in [-0.1, -0.05) is 11.3 Å². The largest absolute Gasteiger partial charge is 1.00 e. The molecule has 2 rings (SSSR count). The Labute approximate surface area is 151 Å². The van der Waals surface area contributed by atoms with Crippen LogP contribution in [0.15, 0.2) is 0 Å². The number of amides is 1. The van der Waals surface area contributed by atoms with E-state index in [1.54, 1.807) is 11.8 Å². The van der Waals surface area contributed by atoms with Gasteiger partial charge in [0.2, 0.25) is 0 Å². The molecule has 122 valence electrons. The van der Waals surface area contributed by atoms with Crippen LogP contribution in [0.25, 0.3) is 0 Å². The number of hydrogen-bond acceptors (Lipinski definition) is 7. The molecule has 2 heterocycles. The number of aromatic nitrogens is 1. The van der Waals surface area contributed by atoms with E-state index in [1.165, 1.54) is 0 Å². The quantitative estimate of drug-likeness (QED) is 0.575. The molecule has 1 fully saturated rings. The van der Waals surface area contributed by atoms with Crippen LogP contribution >= 0.6 is 11.3 Å². The molecule has 1 amide bonds. The molecule has 0 atom stereocenters. The Morgan fingerprint density at radius 2 is 1.78 bits per heavy atom. The van der Waals surface area contributed by atoms with Crippen molar-refractivity contribution in [1.29, 1.82) is 0 Å². The minimum absolute atomic E-state index is 0. The molecule has 0 bridgehead atoms. The van der Waals surface area contributed by atoms with Crippen LogP contribution in [0.4, 0.5) is 9.80 Å². The molecule has 1 aliphatic rings. The second kappa shape index (κ2) is 7.56. The number of hydrogen-bond donors (Lipinski definition) is 0. The number of carbonyl (C=O) groups is 2. The van der Waals surface area contributed by atoms with Crippen molar-refractivity contribution in [2.24, 2.45) is 0 Å². The summed E-state index contributed by atoms with van der Waals surface area (Å²) < 4.78 is 5.35. The van der Waals surface area contributed by atoms with Gasteiger partial charge in [-0.05, 0) is 27.7 Å². The minimum Gasteiger partial charge on any atom is -0.542 e. The van der Waals surface area contributed by atoms with Crippen molar-refractivity contribution in [1.82, 2.24) is 9.88 Å². The van der Waals surface area contributed by atoms with Crippen LogP contribution in [0.1, 0.15) is 36.3 Å². The summed E-state index contributed by atoms with van der Waals surface area (Å²) in [4.78, 5) is 30.6. The molecule has 1 aromatic rings. The summed E-state index contributed by atoms with van der Waals surface area (Å²) >= 11 is 1.11. The zero-order valence-corrected chi connectivity index (χ0v) is 15.0. The Morgan fingerprint density at radius 1 is 1.22 bits per heavy atom. The van der Waals surface area contributed by atoms with E-state index in [2.05, 4.69) is 4.98 Å². The number of carboxylic acids is 1. The molecule has 0 unspecified atom stereocenters. The van der Waals surface area contributed by atoms with Crippen molar-refractivity contribution in [3.8, 4) is 0 Å². The first-order valence-electron chi connectivity index (χ1n) is 7.09. The monoisotopic (exact) mass is 333 g/mol. The average molecular weight is 333 g/mol. The molecule has 0 radical (unpaired) electrons. The number of aromatic carboxylic acids is 1. The molecule has 0 N–H and O–H groups in total. The maximum atomic E-state index is 12.0. The number of anilines is 1. The molecule has 1 saturated heterocycles. The number of carboxylic acid groups (broad SMARTS) is 1. The summed E-state index contributed by atoms with van der Waals surface area (Å²) in [6.07, 6.45) is -0.316. The average Bonchev–Trinajstić information content (AvgIpc) is 2.79. The molecule has 0 aromatic carbocycles. The third kappa shape index (κ3) is 5.13. The normalized spacial score (nSPS) is 15.1. The molecule has 23 heavy (non-hydrogen) atoms. The van der Waals surface area contributed by atoms with E-state index >= 15 is 0 Å². The first kappa shape index (κ1) is 19.8. The van der Waals surface area contributed by atoms with Gasteiger partial charge in [0.15, 0.2) is 0 Å². The summed E-state index contributed by atoms with van der Waals surface area (Å²) in [7, 11) is 0. The second-order valence-corrected chi connectivity index (χ2v) is 7.13. The Morgan fingerprint density at radius 3 is 2.22 bits per heavy atom. The van der Waals surface area contributed by atoms with Crippen molar-refractivity contribution in [2.75, 3.05) is 31.1 Å². The second-order valence-electron chi connectivity index (χ2n) is 6.15. The zero-order valence-electron chi connectivity index (χ0n) is 14.2. The van der Waals surface area contributed by atoms with Crippen LogP contribution in [0, 0.1) is 6.92 Å². The number of ether oxygens (including phenoxy) is 1. The molecule has 0 spiro atoms. The van der Waals surface area contributed by atoms with Gasteiger partial charge in [0.1, 0.15) is 21.6 Å². The van der Waals surface area contributed by atoms with Gasteiger partial charge >= 0.3 is 25.0 Å². The van der Waals surface area contributed by atoms with Crippen LogP contribution < -0.4 is 28.9 Å². The molecule has 7 nitrogen and oxygen atoms in total. The van der Waals surface area contributed by atoms with Crippen LogP contribution in [0.3, 0.4) is 0 Å². The smallest absolute Gasteiger partial charge is 0.542 e. The van der Waals surface area contributed by atoms with Crippen molar-refractivity contribution in [2.45, 2.75) is 33.3 Å². The SMILES string of the molecule is Cc1nc(C(=O)[O-])sc1N1CCN(C(=O)OC(C)(C)C)CC1.[Li+]. The molecular formula is C14H20LiN3O4S. The molecule has 1 aliphatic heterocycles. The number of carbonyl (C=O) groups excluding carboxylic acids is 2. The van der Waals surface area contributed by atoms with Gasteiger partial charge in [0, 0.05) is 26.2 Å². The van der Waals surface area contributed by atoms with Crippen LogP contribution in [0.2, 0.25) is 0 Å². The number of aryl methyl sites for hydroxylation is 1. The first-order chi connectivity index (χ1) is 10.2. The van der Waals surface area contributed by atoms with Crippen molar-refractivity contribution in [3.05, 3.63) is 10.7 Å². The fourth-order valence-corrected chi connectivity index (χ4v) is 3.14. The van der Waals surface area contributed by atoms with E-state index in [9.17, 15) is 14.7 Å². The van der Waals surface area contributed by atoms with Crippen LogP contribution in [-0.2, 0) is 4.74 Å². The van der Waals surface area contributed by atoms with E-state index < -0.39 is 11.6 Å². The number of rotatable bonds is 2. The van der Waals surface area contributed by atoms with Gasteiger partial charge in [-0.15, -0.1) is 0 Å². The molecule has 1 aromatic heterocycles. The van der Waals surface area contributed by atoms with Crippen LogP contribution in [-0.4, -0.2) is 53.7 Å². The fourth-order valence-electron chi connectivity index (χ4n) is 2.19. The number of thiazole rings is 1. The van der Waals surface area contributed by atoms with Gasteiger partial charge in [-0.25, -0.2) is 9.78 Å². The Balaban J connectivity index is 0.00000264. The maximum absolute atomic E-state index is 12.0. The Bertz CT molecular complexity index is 577. The maximum Gasteiger partial charge on any atom is 1.00 e. The predicted octanol–water partition coefficient (Wildman–Crippen LogP) is -2.12. The van der Waals surface area contributed by atoms with Crippen molar-refractivity contribution in [3.63, 3.8) is 0 Å². The summed E-state index contributed by atoms with van der Waals surface area (Å²) in [6.45, 7) is 9.59. The van der Waals surface area contributed by atoms with E-state index in [0.717, 1.165) is 16.3 Å². The topological polar surface area (TPSA) is 85.8 Å². The molecule has 9 heteroatoms. The minimum atomic E-state index is -1.26. The molecule has 0 aliphatic carbocycles.